The van der Waals surface area contributed by atoms with E-state index in [1.807, 2.05) is 0 Å². The molecule has 0 N–H and O–H groups in total. The van der Waals surface area contributed by atoms with Crippen LogP contribution in [0.25, 0.3) is 0 Å². The third kappa shape index (κ3) is 1.19. The molecule has 0 saturated heterocycles. The molecule has 0 saturated carbocycles. The fourth-order valence-corrected chi connectivity index (χ4v) is 0.672. The zero-order valence-electron chi connectivity index (χ0n) is 4.57. The minimum Gasteiger partial charge on any atom is -0.0839 e. The van der Waals surface area contributed by atoms with Gasteiger partial charge in [0.25, 0.3) is 0 Å². The second kappa shape index (κ2) is 1.97. The summed E-state index contributed by atoms with van der Waals surface area (Å²) in [5, 5.41) is 0. The van der Waals surface area contributed by atoms with Gasteiger partial charge in [-0.15, -0.1) is 0 Å². The van der Waals surface area contributed by atoms with Crippen molar-refractivity contribution in [1.29, 1.82) is 0 Å². The Morgan fingerprint density at radius 2 is 2.57 bits per heavy atom. The summed E-state index contributed by atoms with van der Waals surface area (Å²) >= 11 is 0. The zero-order chi connectivity index (χ0) is 5.11. The Morgan fingerprint density at radius 3 is 2.86 bits per heavy atom. The lowest BCUT2D eigenvalue weighted by Gasteiger charge is -1.95. The molecular formula is C7H9. The summed E-state index contributed by atoms with van der Waals surface area (Å²) in [4.78, 5) is 0. The molecule has 1 rings (SSSR count). The smallest absolute Gasteiger partial charge is 0.0239 e. The summed E-state index contributed by atoms with van der Waals surface area (Å²) in [6.45, 7) is 2.08. The van der Waals surface area contributed by atoms with Crippen LogP contribution in [0.5, 0.6) is 0 Å². The van der Waals surface area contributed by atoms with Crippen LogP contribution in [0.3, 0.4) is 0 Å². The first-order valence-corrected chi connectivity index (χ1v) is 2.63. The van der Waals surface area contributed by atoms with Crippen molar-refractivity contribution in [3.8, 4) is 0 Å². The van der Waals surface area contributed by atoms with E-state index in [2.05, 4.69) is 25.2 Å². The van der Waals surface area contributed by atoms with E-state index < -0.39 is 0 Å². The summed E-state index contributed by atoms with van der Waals surface area (Å²) in [6, 6.07) is 0. The average Bonchev–Trinajstić information content (AvgIpc) is 1.69. The quantitative estimate of drug-likeness (QED) is 0.430. The van der Waals surface area contributed by atoms with Crippen molar-refractivity contribution in [2.24, 2.45) is 0 Å². The fraction of sp³-hybridized carbons (Fsp3) is 0.429. The number of hydrogen-bond donors (Lipinski definition) is 0. The molecule has 0 nitrogen and oxygen atoms in total. The van der Waals surface area contributed by atoms with Gasteiger partial charge in [-0.25, -0.2) is 0 Å². The minimum absolute atomic E-state index is 1.11. The molecule has 1 aliphatic rings. The van der Waals surface area contributed by atoms with Crippen LogP contribution >= 0.6 is 0 Å². The molecule has 0 heterocycles. The first-order valence-electron chi connectivity index (χ1n) is 2.63. The normalized spacial score (nSPS) is 19.3. The zero-order valence-corrected chi connectivity index (χ0v) is 4.57. The van der Waals surface area contributed by atoms with E-state index in [9.17, 15) is 0 Å². The van der Waals surface area contributed by atoms with Crippen LogP contribution in [-0.2, 0) is 0 Å². The van der Waals surface area contributed by atoms with E-state index in [0.717, 1.165) is 6.42 Å². The highest BCUT2D eigenvalue weighted by Gasteiger charge is 1.87. The highest BCUT2D eigenvalue weighted by molar-refractivity contribution is 5.15. The summed E-state index contributed by atoms with van der Waals surface area (Å²) in [5.41, 5.74) is 1.28. The lowest BCUT2D eigenvalue weighted by atomic mass is 10.1. The van der Waals surface area contributed by atoms with Gasteiger partial charge >= 0.3 is 0 Å². The predicted octanol–water partition coefficient (Wildman–Crippen LogP) is 2.09. The van der Waals surface area contributed by atoms with E-state index in [-0.39, 0.29) is 0 Å². The molecule has 0 unspecified atom stereocenters. The summed E-state index contributed by atoms with van der Waals surface area (Å²) in [5.74, 6) is 0. The second-order valence-corrected chi connectivity index (χ2v) is 1.80. The van der Waals surface area contributed by atoms with Crippen molar-refractivity contribution >= 4 is 0 Å². The number of rotatable bonds is 0. The topological polar surface area (TPSA) is 0 Å². The summed E-state index contributed by atoms with van der Waals surface area (Å²) < 4.78 is 0. The molecule has 1 aliphatic carbocycles. The molecule has 7 heavy (non-hydrogen) atoms. The van der Waals surface area contributed by atoms with Crippen LogP contribution in [0, 0.1) is 6.08 Å². The van der Waals surface area contributed by atoms with Crippen molar-refractivity contribution in [2.45, 2.75) is 19.8 Å². The van der Waals surface area contributed by atoms with Crippen LogP contribution in [0.4, 0.5) is 0 Å². The van der Waals surface area contributed by atoms with Gasteiger partial charge in [-0.05, 0) is 31.4 Å². The van der Waals surface area contributed by atoms with E-state index in [1.54, 1.807) is 0 Å². The first-order chi connectivity index (χ1) is 3.39. The largest absolute Gasteiger partial charge is 0.0839 e. The Kier molecular flexibility index (Phi) is 1.30. The van der Waals surface area contributed by atoms with Gasteiger partial charge in [0.2, 0.25) is 0 Å². The van der Waals surface area contributed by atoms with E-state index in [4.69, 9.17) is 0 Å². The number of hydrogen-bond acceptors (Lipinski definition) is 0. The van der Waals surface area contributed by atoms with Gasteiger partial charge < -0.3 is 0 Å². The van der Waals surface area contributed by atoms with E-state index in [0.29, 0.717) is 0 Å². The Balaban J connectivity index is 2.58. The van der Waals surface area contributed by atoms with Gasteiger partial charge in [-0.2, -0.15) is 0 Å². The van der Waals surface area contributed by atoms with Gasteiger partial charge in [0, 0.05) is 0 Å². The van der Waals surface area contributed by atoms with Gasteiger partial charge in [0.05, 0.1) is 0 Å². The predicted molar refractivity (Wildman–Crippen MR) is 30.8 cm³/mol. The first kappa shape index (κ1) is 4.63. The maximum absolute atomic E-state index is 3.21. The highest BCUT2D eigenvalue weighted by Crippen LogP contribution is 2.05. The van der Waals surface area contributed by atoms with Crippen LogP contribution in [0.2, 0.25) is 0 Å². The van der Waals surface area contributed by atoms with Crippen LogP contribution in [0.1, 0.15) is 19.8 Å². The van der Waals surface area contributed by atoms with E-state index >= 15 is 0 Å². The van der Waals surface area contributed by atoms with Crippen molar-refractivity contribution < 1.29 is 0 Å². The summed E-state index contributed by atoms with van der Waals surface area (Å²) in [7, 11) is 0. The maximum atomic E-state index is 3.21. The van der Waals surface area contributed by atoms with Crippen molar-refractivity contribution in [2.75, 3.05) is 0 Å². The molecule has 1 radical (unpaired) electrons. The standard InChI is InChI=1S/C7H9/c1-7-5-3-2-4-6-7/h3,5H,2,4H2,1H3. The van der Waals surface area contributed by atoms with Crippen molar-refractivity contribution in [3.05, 3.63) is 23.8 Å². The lowest BCUT2D eigenvalue weighted by Crippen LogP contribution is -1.77. The van der Waals surface area contributed by atoms with Gasteiger partial charge in [0.1, 0.15) is 0 Å². The van der Waals surface area contributed by atoms with Crippen LogP contribution < -0.4 is 0 Å². The Hall–Kier alpha value is -0.520. The van der Waals surface area contributed by atoms with Gasteiger partial charge in [-0.1, -0.05) is 12.2 Å². The molecule has 0 amide bonds. The second-order valence-electron chi connectivity index (χ2n) is 1.80. The monoisotopic (exact) mass is 93.1 g/mol. The maximum Gasteiger partial charge on any atom is -0.0239 e. The molecule has 37 valence electrons. The Bertz CT molecular complexity index is 107. The molecule has 0 bridgehead atoms. The Morgan fingerprint density at radius 1 is 1.71 bits per heavy atom. The average molecular weight is 93.1 g/mol. The number of allylic oxidation sites excluding steroid dienone is 4. The molecule has 0 fully saturated rings. The van der Waals surface area contributed by atoms with Crippen LogP contribution in [-0.4, -0.2) is 0 Å². The van der Waals surface area contributed by atoms with Crippen molar-refractivity contribution in [1.82, 2.24) is 0 Å². The third-order valence-corrected chi connectivity index (χ3v) is 1.08. The lowest BCUT2D eigenvalue weighted by molar-refractivity contribution is 0.989. The molecular weight excluding hydrogens is 84.1 g/mol. The SMILES string of the molecule is CC1=[C]CCC=C1. The molecule has 0 atom stereocenters. The molecule has 0 aromatic heterocycles. The third-order valence-electron chi connectivity index (χ3n) is 1.08. The van der Waals surface area contributed by atoms with Gasteiger partial charge in [0.15, 0.2) is 0 Å². The molecule has 0 aromatic rings. The van der Waals surface area contributed by atoms with Crippen LogP contribution in [0.15, 0.2) is 17.7 Å². The molecule has 0 spiro atoms. The molecule has 0 aromatic carbocycles. The van der Waals surface area contributed by atoms with E-state index in [1.165, 1.54) is 12.0 Å². The minimum atomic E-state index is 1.11. The molecule has 0 aliphatic heterocycles. The van der Waals surface area contributed by atoms with Gasteiger partial charge in [-0.3, -0.25) is 0 Å². The fourth-order valence-electron chi connectivity index (χ4n) is 0.672. The highest BCUT2D eigenvalue weighted by atomic mass is 13.9. The molecule has 0 heteroatoms. The summed E-state index contributed by atoms with van der Waals surface area (Å²) in [6.07, 6.45) is 9.80. The Labute approximate surface area is 44.5 Å². The van der Waals surface area contributed by atoms with Crippen molar-refractivity contribution in [3.63, 3.8) is 0 Å².